The molecule has 0 radical (unpaired) electrons. The Bertz CT molecular complexity index is 1610. The molecule has 1 aromatic carbocycles. The van der Waals surface area contributed by atoms with Crippen LogP contribution in [0, 0.1) is 5.82 Å². The molecule has 3 aromatic heterocycles. The number of methoxy groups -OCH3 is 1. The molecule has 0 saturated heterocycles. The van der Waals surface area contributed by atoms with E-state index < -0.39 is 21.4 Å². The number of rotatable bonds is 7. The van der Waals surface area contributed by atoms with E-state index in [1.54, 1.807) is 0 Å². The molecule has 11 nitrogen and oxygen atoms in total. The van der Waals surface area contributed by atoms with Gasteiger partial charge in [-0.05, 0) is 31.2 Å². The summed E-state index contributed by atoms with van der Waals surface area (Å²) in [4.78, 5) is 29.2. The summed E-state index contributed by atoms with van der Waals surface area (Å²) >= 11 is 5.90. The standard InChI is InChI=1S/C21H19ClFN7O4S/c1-4-24-21-26-10-15-18(28-21)30(2)20(31)17(27-15)13-8-12(5-6-14(13)23)29-35(32,33)16-7-11(22)9-25-19(16)34-3/h5-10,29H,4H2,1-3H3,(H,24,26,28). The number of fused-ring (bicyclic) bond motifs is 1. The summed E-state index contributed by atoms with van der Waals surface area (Å²) < 4.78 is 49.3. The molecule has 0 amide bonds. The van der Waals surface area contributed by atoms with Gasteiger partial charge in [0.15, 0.2) is 10.5 Å². The summed E-state index contributed by atoms with van der Waals surface area (Å²) in [6.07, 6.45) is 2.65. The monoisotopic (exact) mass is 519 g/mol. The van der Waals surface area contributed by atoms with Gasteiger partial charge in [-0.1, -0.05) is 11.6 Å². The van der Waals surface area contributed by atoms with Gasteiger partial charge in [-0.15, -0.1) is 0 Å². The van der Waals surface area contributed by atoms with Crippen molar-refractivity contribution in [1.29, 1.82) is 0 Å². The zero-order chi connectivity index (χ0) is 25.3. The van der Waals surface area contributed by atoms with Crippen molar-refractivity contribution in [3.05, 3.63) is 57.9 Å². The molecule has 0 atom stereocenters. The Morgan fingerprint density at radius 2 is 1.94 bits per heavy atom. The number of aryl methyl sites for hydroxylation is 1. The third-order valence-corrected chi connectivity index (χ3v) is 6.47. The smallest absolute Gasteiger partial charge is 0.278 e. The predicted octanol–water partition coefficient (Wildman–Crippen LogP) is 2.82. The Morgan fingerprint density at radius 1 is 1.17 bits per heavy atom. The number of nitrogens with one attached hydrogen (secondary N) is 2. The van der Waals surface area contributed by atoms with Gasteiger partial charge in [0.25, 0.3) is 15.6 Å². The maximum atomic E-state index is 14.8. The number of ether oxygens (including phenoxy) is 1. The van der Waals surface area contributed by atoms with Crippen LogP contribution in [0.3, 0.4) is 0 Å². The van der Waals surface area contributed by atoms with Gasteiger partial charge in [-0.25, -0.2) is 27.8 Å². The van der Waals surface area contributed by atoms with E-state index in [4.69, 9.17) is 16.3 Å². The fourth-order valence-corrected chi connectivity index (χ4v) is 4.69. The Hall–Kier alpha value is -3.84. The topological polar surface area (TPSA) is 141 Å². The number of aromatic nitrogens is 5. The zero-order valence-corrected chi connectivity index (χ0v) is 20.3. The van der Waals surface area contributed by atoms with Crippen molar-refractivity contribution >= 4 is 44.4 Å². The average molecular weight is 520 g/mol. The average Bonchev–Trinajstić information content (AvgIpc) is 2.83. The van der Waals surface area contributed by atoms with E-state index in [1.165, 1.54) is 49.3 Å². The van der Waals surface area contributed by atoms with Crippen LogP contribution in [0.15, 0.2) is 46.3 Å². The Kier molecular flexibility index (Phi) is 6.54. The minimum absolute atomic E-state index is 0.0221. The number of hydrogen-bond donors (Lipinski definition) is 2. The second-order valence-corrected chi connectivity index (χ2v) is 9.31. The van der Waals surface area contributed by atoms with Crippen molar-refractivity contribution in [2.24, 2.45) is 7.05 Å². The number of hydrogen-bond acceptors (Lipinski definition) is 9. The number of benzene rings is 1. The molecule has 0 saturated carbocycles. The third kappa shape index (κ3) is 4.72. The molecule has 0 fully saturated rings. The minimum Gasteiger partial charge on any atom is -0.480 e. The highest BCUT2D eigenvalue weighted by Crippen LogP contribution is 2.29. The molecule has 3 heterocycles. The predicted molar refractivity (Wildman–Crippen MR) is 129 cm³/mol. The van der Waals surface area contributed by atoms with Crippen LogP contribution >= 0.6 is 11.6 Å². The SMILES string of the molecule is CCNc1ncc2nc(-c3cc(NS(=O)(=O)c4cc(Cl)cnc4OC)ccc3F)c(=O)n(C)c2n1. The molecule has 0 aliphatic rings. The molecule has 4 rings (SSSR count). The number of nitrogens with zero attached hydrogens (tertiary/aromatic N) is 5. The molecule has 0 unspecified atom stereocenters. The van der Waals surface area contributed by atoms with Crippen molar-refractivity contribution in [3.8, 4) is 17.1 Å². The molecular weight excluding hydrogens is 501 g/mol. The van der Waals surface area contributed by atoms with E-state index in [1.807, 2.05) is 6.92 Å². The lowest BCUT2D eigenvalue weighted by Crippen LogP contribution is -2.22. The van der Waals surface area contributed by atoms with Gasteiger partial charge in [-0.2, -0.15) is 4.98 Å². The van der Waals surface area contributed by atoms with Crippen LogP contribution in [-0.2, 0) is 17.1 Å². The van der Waals surface area contributed by atoms with Crippen molar-refractivity contribution in [2.45, 2.75) is 11.8 Å². The highest BCUT2D eigenvalue weighted by atomic mass is 35.5. The summed E-state index contributed by atoms with van der Waals surface area (Å²) in [5.74, 6) is -0.631. The first-order valence-corrected chi connectivity index (χ1v) is 12.0. The Balaban J connectivity index is 1.79. The van der Waals surface area contributed by atoms with E-state index in [9.17, 15) is 17.6 Å². The van der Waals surface area contributed by atoms with Crippen LogP contribution in [0.4, 0.5) is 16.0 Å². The summed E-state index contributed by atoms with van der Waals surface area (Å²) in [6, 6.07) is 4.57. The number of pyridine rings is 1. The summed E-state index contributed by atoms with van der Waals surface area (Å²) in [5, 5.41) is 3.02. The molecule has 4 aromatic rings. The van der Waals surface area contributed by atoms with E-state index in [2.05, 4.69) is 30.0 Å². The molecular formula is C21H19ClFN7O4S. The Labute approximate surface area is 204 Å². The van der Waals surface area contributed by atoms with Gasteiger partial charge in [0.05, 0.1) is 18.3 Å². The maximum absolute atomic E-state index is 14.8. The summed E-state index contributed by atoms with van der Waals surface area (Å²) in [6.45, 7) is 2.45. The van der Waals surface area contributed by atoms with Crippen LogP contribution in [0.5, 0.6) is 5.88 Å². The van der Waals surface area contributed by atoms with Gasteiger partial charge in [0.1, 0.15) is 17.0 Å². The molecule has 0 aliphatic heterocycles. The van der Waals surface area contributed by atoms with E-state index in [0.717, 1.165) is 6.07 Å². The van der Waals surface area contributed by atoms with Gasteiger partial charge in [0.2, 0.25) is 11.8 Å². The van der Waals surface area contributed by atoms with Crippen molar-refractivity contribution in [3.63, 3.8) is 0 Å². The van der Waals surface area contributed by atoms with E-state index >= 15 is 0 Å². The van der Waals surface area contributed by atoms with Crippen molar-refractivity contribution in [1.82, 2.24) is 24.5 Å². The zero-order valence-electron chi connectivity index (χ0n) is 18.7. The summed E-state index contributed by atoms with van der Waals surface area (Å²) in [7, 11) is -1.49. The van der Waals surface area contributed by atoms with Crippen molar-refractivity contribution < 1.29 is 17.5 Å². The minimum atomic E-state index is -4.23. The lowest BCUT2D eigenvalue weighted by Gasteiger charge is -2.13. The lowest BCUT2D eigenvalue weighted by molar-refractivity contribution is 0.385. The highest BCUT2D eigenvalue weighted by molar-refractivity contribution is 7.92. The molecule has 0 spiro atoms. The molecule has 14 heteroatoms. The van der Waals surface area contributed by atoms with Crippen LogP contribution in [0.2, 0.25) is 5.02 Å². The Morgan fingerprint density at radius 3 is 2.66 bits per heavy atom. The quantitative estimate of drug-likeness (QED) is 0.377. The maximum Gasteiger partial charge on any atom is 0.278 e. The van der Waals surface area contributed by atoms with Gasteiger partial charge < -0.3 is 10.1 Å². The van der Waals surface area contributed by atoms with Gasteiger partial charge in [0, 0.05) is 31.0 Å². The van der Waals surface area contributed by atoms with Gasteiger partial charge >= 0.3 is 0 Å². The second kappa shape index (κ2) is 9.43. The van der Waals surface area contributed by atoms with E-state index in [-0.39, 0.29) is 43.9 Å². The molecule has 35 heavy (non-hydrogen) atoms. The van der Waals surface area contributed by atoms with Gasteiger partial charge in [-0.3, -0.25) is 14.1 Å². The fourth-order valence-electron chi connectivity index (χ4n) is 3.27. The first-order chi connectivity index (χ1) is 16.6. The highest BCUT2D eigenvalue weighted by Gasteiger charge is 2.23. The molecule has 0 bridgehead atoms. The molecule has 2 N–H and O–H groups in total. The summed E-state index contributed by atoms with van der Waals surface area (Å²) in [5.41, 5.74) is -0.587. The lowest BCUT2D eigenvalue weighted by atomic mass is 10.1. The largest absolute Gasteiger partial charge is 0.480 e. The number of sulfonamides is 1. The number of anilines is 2. The number of halogens is 2. The second-order valence-electron chi connectivity index (χ2n) is 7.22. The van der Waals surface area contributed by atoms with Crippen LogP contribution in [-0.4, -0.2) is 46.6 Å². The van der Waals surface area contributed by atoms with Crippen molar-refractivity contribution in [2.75, 3.05) is 23.7 Å². The normalized spacial score (nSPS) is 11.5. The van der Waals surface area contributed by atoms with E-state index in [0.29, 0.717) is 12.5 Å². The van der Waals surface area contributed by atoms with Crippen LogP contribution < -0.4 is 20.3 Å². The first kappa shape index (κ1) is 24.3. The third-order valence-electron chi connectivity index (χ3n) is 4.88. The van der Waals surface area contributed by atoms with Crippen LogP contribution in [0.25, 0.3) is 22.4 Å². The first-order valence-electron chi connectivity index (χ1n) is 10.1. The molecule has 0 aliphatic carbocycles. The fraction of sp³-hybridized carbons (Fsp3) is 0.190. The van der Waals surface area contributed by atoms with Crippen LogP contribution in [0.1, 0.15) is 6.92 Å². The molecule has 182 valence electrons.